The number of benzene rings is 1. The summed E-state index contributed by atoms with van der Waals surface area (Å²) in [6, 6.07) is 5.50. The van der Waals surface area contributed by atoms with Gasteiger partial charge in [-0.25, -0.2) is 9.97 Å². The molecule has 136 valence electrons. The highest BCUT2D eigenvalue weighted by Gasteiger charge is 2.30. The maximum Gasteiger partial charge on any atom is 0.573 e. The molecule has 0 saturated carbocycles. The molecule has 3 aromatic rings. The zero-order valence-corrected chi connectivity index (χ0v) is 13.3. The van der Waals surface area contributed by atoms with Gasteiger partial charge in [-0.1, -0.05) is 12.1 Å². The van der Waals surface area contributed by atoms with Crippen LogP contribution in [0.15, 0.2) is 36.8 Å². The van der Waals surface area contributed by atoms with Gasteiger partial charge in [0.05, 0.1) is 24.4 Å². The third-order valence-corrected chi connectivity index (χ3v) is 3.32. The lowest BCUT2D eigenvalue weighted by atomic mass is 10.1. The number of ether oxygens (including phenoxy) is 1. The zero-order valence-electron chi connectivity index (χ0n) is 13.3. The Bertz CT molecular complexity index is 866. The van der Waals surface area contributed by atoms with E-state index in [9.17, 15) is 13.2 Å². The lowest BCUT2D eigenvalue weighted by molar-refractivity contribution is -0.274. The summed E-state index contributed by atoms with van der Waals surface area (Å²) in [5.74, 6) is 0.00356. The van der Waals surface area contributed by atoms with E-state index in [2.05, 4.69) is 30.1 Å². The fourth-order valence-corrected chi connectivity index (χ4v) is 2.22. The molecule has 0 radical (unpaired) electrons. The van der Waals surface area contributed by atoms with E-state index in [-0.39, 0.29) is 18.9 Å². The summed E-state index contributed by atoms with van der Waals surface area (Å²) in [6.07, 6.45) is -1.51. The molecule has 2 heterocycles. The van der Waals surface area contributed by atoms with Crippen LogP contribution < -0.4 is 4.74 Å². The second-order valence-electron chi connectivity index (χ2n) is 5.18. The van der Waals surface area contributed by atoms with Crippen LogP contribution in [0.3, 0.4) is 0 Å². The first kappa shape index (κ1) is 17.7. The average molecular weight is 366 g/mol. The molecule has 0 atom stereocenters. The topological polar surface area (TPSA) is 98.8 Å². The van der Waals surface area contributed by atoms with Gasteiger partial charge in [-0.05, 0) is 22.9 Å². The molecule has 0 fully saturated rings. The van der Waals surface area contributed by atoms with Crippen LogP contribution in [0.4, 0.5) is 13.2 Å². The van der Waals surface area contributed by atoms with Crippen molar-refractivity contribution in [2.45, 2.75) is 19.3 Å². The number of halogens is 3. The lowest BCUT2D eigenvalue weighted by Gasteiger charge is -2.09. The standard InChI is InChI=1S/C15H13F3N6O2/c16-15(17,18)26-11-3-1-10(2-4-11)7-13-12(8-19-9-20-13)14-21-23-24(22-14)5-6-25/h1-4,8-9,25H,5-7H2. The van der Waals surface area contributed by atoms with Gasteiger partial charge in [-0.2, -0.15) is 4.80 Å². The van der Waals surface area contributed by atoms with Gasteiger partial charge in [-0.3, -0.25) is 0 Å². The van der Waals surface area contributed by atoms with Gasteiger partial charge in [0.15, 0.2) is 0 Å². The number of rotatable bonds is 6. The number of aromatic nitrogens is 6. The third-order valence-electron chi connectivity index (χ3n) is 3.32. The van der Waals surface area contributed by atoms with Crippen molar-refractivity contribution >= 4 is 0 Å². The number of aliphatic hydroxyl groups excluding tert-OH is 1. The van der Waals surface area contributed by atoms with E-state index in [1.165, 1.54) is 41.6 Å². The Hall–Kier alpha value is -3.08. The summed E-state index contributed by atoms with van der Waals surface area (Å²) in [7, 11) is 0. The summed E-state index contributed by atoms with van der Waals surface area (Å²) >= 11 is 0. The Morgan fingerprint density at radius 1 is 1.15 bits per heavy atom. The van der Waals surface area contributed by atoms with Gasteiger partial charge in [-0.15, -0.1) is 23.4 Å². The highest BCUT2D eigenvalue weighted by atomic mass is 19.4. The van der Waals surface area contributed by atoms with Gasteiger partial charge in [0, 0.05) is 12.6 Å². The second kappa shape index (κ2) is 7.44. The molecule has 0 bridgehead atoms. The van der Waals surface area contributed by atoms with E-state index in [0.717, 1.165) is 5.56 Å². The first-order valence-electron chi connectivity index (χ1n) is 7.47. The fraction of sp³-hybridized carbons (Fsp3) is 0.267. The third kappa shape index (κ3) is 4.51. The van der Waals surface area contributed by atoms with Crippen LogP contribution in [-0.2, 0) is 13.0 Å². The maximum atomic E-state index is 12.2. The van der Waals surface area contributed by atoms with Crippen LogP contribution in [0.1, 0.15) is 11.3 Å². The molecule has 0 aliphatic rings. The van der Waals surface area contributed by atoms with Gasteiger partial charge in [0.2, 0.25) is 5.82 Å². The first-order chi connectivity index (χ1) is 12.4. The summed E-state index contributed by atoms with van der Waals surface area (Å²) < 4.78 is 40.5. The van der Waals surface area contributed by atoms with Crippen molar-refractivity contribution in [3.05, 3.63) is 48.0 Å². The number of hydrogen-bond donors (Lipinski definition) is 1. The summed E-state index contributed by atoms with van der Waals surface area (Å²) in [4.78, 5) is 9.39. The zero-order chi connectivity index (χ0) is 18.6. The van der Waals surface area contributed by atoms with E-state index in [4.69, 9.17) is 5.11 Å². The van der Waals surface area contributed by atoms with E-state index >= 15 is 0 Å². The largest absolute Gasteiger partial charge is 0.573 e. The minimum absolute atomic E-state index is 0.125. The molecule has 0 spiro atoms. The minimum atomic E-state index is -4.73. The molecule has 0 unspecified atom stereocenters. The van der Waals surface area contributed by atoms with Crippen molar-refractivity contribution in [1.82, 2.24) is 30.2 Å². The van der Waals surface area contributed by atoms with Crippen molar-refractivity contribution in [2.24, 2.45) is 0 Å². The summed E-state index contributed by atoms with van der Waals surface area (Å²) in [5, 5.41) is 20.8. The molecular formula is C15H13F3N6O2. The molecule has 0 aliphatic carbocycles. The molecule has 1 N–H and O–H groups in total. The molecule has 8 nitrogen and oxygen atoms in total. The summed E-state index contributed by atoms with van der Waals surface area (Å²) in [6.45, 7) is 0.0803. The molecule has 0 amide bonds. The van der Waals surface area contributed by atoms with Crippen LogP contribution in [0, 0.1) is 0 Å². The predicted octanol–water partition coefficient (Wildman–Crippen LogP) is 1.61. The smallest absolute Gasteiger partial charge is 0.406 e. The van der Waals surface area contributed by atoms with E-state index in [0.29, 0.717) is 23.5 Å². The molecule has 11 heteroatoms. The Morgan fingerprint density at radius 3 is 2.62 bits per heavy atom. The number of tetrazole rings is 1. The number of nitrogens with zero attached hydrogens (tertiary/aromatic N) is 6. The van der Waals surface area contributed by atoms with Crippen LogP contribution >= 0.6 is 0 Å². The van der Waals surface area contributed by atoms with Gasteiger partial charge >= 0.3 is 6.36 Å². The number of aliphatic hydroxyl groups is 1. The molecular weight excluding hydrogens is 353 g/mol. The SMILES string of the molecule is OCCn1nnc(-c2cncnc2Cc2ccc(OC(F)(F)F)cc2)n1. The van der Waals surface area contributed by atoms with E-state index in [1.54, 1.807) is 0 Å². The quantitative estimate of drug-likeness (QED) is 0.708. The Balaban J connectivity index is 1.80. The minimum Gasteiger partial charge on any atom is -0.406 e. The second-order valence-corrected chi connectivity index (χ2v) is 5.18. The monoisotopic (exact) mass is 366 g/mol. The normalized spacial score (nSPS) is 11.5. The van der Waals surface area contributed by atoms with E-state index in [1.807, 2.05) is 0 Å². The van der Waals surface area contributed by atoms with Gasteiger partial charge < -0.3 is 9.84 Å². The average Bonchev–Trinajstić information content (AvgIpc) is 3.05. The number of hydrogen-bond acceptors (Lipinski definition) is 7. The van der Waals surface area contributed by atoms with Crippen molar-refractivity contribution in [1.29, 1.82) is 0 Å². The molecule has 0 aliphatic heterocycles. The first-order valence-corrected chi connectivity index (χ1v) is 7.47. The van der Waals surface area contributed by atoms with Crippen LogP contribution in [-0.4, -0.2) is 48.3 Å². The molecule has 1 aromatic carbocycles. The highest BCUT2D eigenvalue weighted by molar-refractivity contribution is 5.56. The van der Waals surface area contributed by atoms with Crippen molar-refractivity contribution < 1.29 is 23.0 Å². The van der Waals surface area contributed by atoms with Crippen molar-refractivity contribution in [2.75, 3.05) is 6.61 Å². The molecule has 2 aromatic heterocycles. The van der Waals surface area contributed by atoms with Gasteiger partial charge in [0.1, 0.15) is 12.1 Å². The van der Waals surface area contributed by atoms with Crippen molar-refractivity contribution in [3.63, 3.8) is 0 Å². The molecule has 26 heavy (non-hydrogen) atoms. The fourth-order valence-electron chi connectivity index (χ4n) is 2.22. The summed E-state index contributed by atoms with van der Waals surface area (Å²) in [5.41, 5.74) is 1.86. The van der Waals surface area contributed by atoms with E-state index < -0.39 is 6.36 Å². The van der Waals surface area contributed by atoms with Crippen LogP contribution in [0.2, 0.25) is 0 Å². The molecule has 0 saturated heterocycles. The van der Waals surface area contributed by atoms with Crippen LogP contribution in [0.25, 0.3) is 11.4 Å². The Morgan fingerprint density at radius 2 is 1.92 bits per heavy atom. The maximum absolute atomic E-state index is 12.2. The Labute approximate surface area is 145 Å². The van der Waals surface area contributed by atoms with Crippen molar-refractivity contribution in [3.8, 4) is 17.1 Å². The molecule has 3 rings (SSSR count). The Kier molecular flexibility index (Phi) is 5.07. The van der Waals surface area contributed by atoms with Gasteiger partial charge in [0.25, 0.3) is 0 Å². The number of alkyl halides is 3. The predicted molar refractivity (Wildman–Crippen MR) is 81.9 cm³/mol. The highest BCUT2D eigenvalue weighted by Crippen LogP contribution is 2.24. The van der Waals surface area contributed by atoms with Crippen LogP contribution in [0.5, 0.6) is 5.75 Å². The lowest BCUT2D eigenvalue weighted by Crippen LogP contribution is -2.17.